The molecular weight excluding hydrogens is 252 g/mol. The maximum Gasteiger partial charge on any atom is 0.221 e. The molecule has 1 aliphatic heterocycles. The Morgan fingerprint density at radius 2 is 2.44 bits per heavy atom. The van der Waals surface area contributed by atoms with Crippen LogP contribution in [0.1, 0.15) is 12.0 Å². The number of morpholine rings is 1. The molecule has 2 N–H and O–H groups in total. The highest BCUT2D eigenvalue weighted by Crippen LogP contribution is 2.10. The molecule has 1 aromatic carbocycles. The van der Waals surface area contributed by atoms with Gasteiger partial charge in [-0.25, -0.2) is 0 Å². The van der Waals surface area contributed by atoms with Crippen molar-refractivity contribution in [1.82, 2.24) is 10.6 Å². The number of nitrogens with one attached hydrogen (secondary N) is 2. The average molecular weight is 269 g/mol. The summed E-state index contributed by atoms with van der Waals surface area (Å²) in [5.41, 5.74) is 1.00. The maximum absolute atomic E-state index is 11.7. The van der Waals surface area contributed by atoms with Crippen molar-refractivity contribution in [2.75, 3.05) is 19.8 Å². The summed E-state index contributed by atoms with van der Waals surface area (Å²) in [5.74, 6) is 0.0259. The summed E-state index contributed by atoms with van der Waals surface area (Å²) >= 11 is 5.88. The number of hydrogen-bond donors (Lipinski definition) is 2. The summed E-state index contributed by atoms with van der Waals surface area (Å²) in [4.78, 5) is 11.7. The highest BCUT2D eigenvalue weighted by Gasteiger charge is 2.16. The van der Waals surface area contributed by atoms with E-state index < -0.39 is 0 Å². The number of halogens is 1. The first-order valence-corrected chi connectivity index (χ1v) is 6.44. The smallest absolute Gasteiger partial charge is 0.221 e. The van der Waals surface area contributed by atoms with Crippen LogP contribution in [0.15, 0.2) is 24.3 Å². The Morgan fingerprint density at radius 3 is 3.17 bits per heavy atom. The van der Waals surface area contributed by atoms with Crippen LogP contribution >= 0.6 is 11.6 Å². The fourth-order valence-corrected chi connectivity index (χ4v) is 2.11. The van der Waals surface area contributed by atoms with Crippen LogP contribution in [0.2, 0.25) is 5.02 Å². The molecule has 0 radical (unpaired) electrons. The predicted molar refractivity (Wildman–Crippen MR) is 70.5 cm³/mol. The van der Waals surface area contributed by atoms with Gasteiger partial charge < -0.3 is 15.4 Å². The lowest BCUT2D eigenvalue weighted by atomic mass is 10.2. The van der Waals surface area contributed by atoms with Crippen molar-refractivity contribution in [3.63, 3.8) is 0 Å². The van der Waals surface area contributed by atoms with Crippen molar-refractivity contribution in [1.29, 1.82) is 0 Å². The van der Waals surface area contributed by atoms with Crippen LogP contribution < -0.4 is 10.6 Å². The molecule has 1 unspecified atom stereocenters. The first kappa shape index (κ1) is 13.3. The van der Waals surface area contributed by atoms with Gasteiger partial charge in [0.1, 0.15) is 0 Å². The van der Waals surface area contributed by atoms with E-state index in [0.717, 1.165) is 18.7 Å². The van der Waals surface area contributed by atoms with Gasteiger partial charge >= 0.3 is 0 Å². The fraction of sp³-hybridized carbons (Fsp3) is 0.462. The number of carbonyl (C=O) groups is 1. The SMILES string of the molecule is O=C(CC1COCCN1)NCc1cccc(Cl)c1. The van der Waals surface area contributed by atoms with E-state index in [1.165, 1.54) is 0 Å². The third-order valence-electron chi connectivity index (χ3n) is 2.81. The summed E-state index contributed by atoms with van der Waals surface area (Å²) < 4.78 is 5.30. The van der Waals surface area contributed by atoms with Gasteiger partial charge in [0.15, 0.2) is 0 Å². The van der Waals surface area contributed by atoms with E-state index in [1.54, 1.807) is 0 Å². The van der Waals surface area contributed by atoms with Crippen molar-refractivity contribution in [3.05, 3.63) is 34.9 Å². The van der Waals surface area contributed by atoms with Crippen molar-refractivity contribution in [3.8, 4) is 0 Å². The number of rotatable bonds is 4. The number of ether oxygens (including phenoxy) is 1. The van der Waals surface area contributed by atoms with Crippen LogP contribution in [0.5, 0.6) is 0 Å². The number of benzene rings is 1. The van der Waals surface area contributed by atoms with Gasteiger partial charge in [0.2, 0.25) is 5.91 Å². The van der Waals surface area contributed by atoms with Gasteiger partial charge in [0.25, 0.3) is 0 Å². The second kappa shape index (κ2) is 6.73. The number of hydrogen-bond acceptors (Lipinski definition) is 3. The first-order valence-electron chi connectivity index (χ1n) is 6.06. The molecule has 1 fully saturated rings. The van der Waals surface area contributed by atoms with Crippen LogP contribution in [0.3, 0.4) is 0 Å². The molecule has 1 aromatic rings. The third-order valence-corrected chi connectivity index (χ3v) is 3.04. The highest BCUT2D eigenvalue weighted by atomic mass is 35.5. The minimum atomic E-state index is 0.0259. The van der Waals surface area contributed by atoms with Gasteiger partial charge in [-0.3, -0.25) is 4.79 Å². The molecule has 1 aliphatic rings. The topological polar surface area (TPSA) is 50.4 Å². The van der Waals surface area contributed by atoms with E-state index in [2.05, 4.69) is 10.6 Å². The van der Waals surface area contributed by atoms with Gasteiger partial charge in [-0.2, -0.15) is 0 Å². The normalized spacial score (nSPS) is 19.5. The summed E-state index contributed by atoms with van der Waals surface area (Å²) in [6.45, 7) is 2.64. The molecule has 0 aromatic heterocycles. The Kier molecular flexibility index (Phi) is 4.99. The standard InChI is InChI=1S/C13H17ClN2O2/c14-11-3-1-2-10(6-11)8-16-13(17)7-12-9-18-5-4-15-12/h1-3,6,12,15H,4-5,7-9H2,(H,16,17). The molecule has 98 valence electrons. The molecule has 0 bridgehead atoms. The monoisotopic (exact) mass is 268 g/mol. The van der Waals surface area contributed by atoms with Crippen LogP contribution in [0.25, 0.3) is 0 Å². The van der Waals surface area contributed by atoms with Crippen LogP contribution in [0.4, 0.5) is 0 Å². The van der Waals surface area contributed by atoms with Gasteiger partial charge in [0.05, 0.1) is 13.2 Å². The lowest BCUT2D eigenvalue weighted by Crippen LogP contribution is -2.44. The Labute approximate surface area is 112 Å². The van der Waals surface area contributed by atoms with Gasteiger partial charge in [0, 0.05) is 30.6 Å². The molecule has 1 atom stereocenters. The van der Waals surface area contributed by atoms with Crippen LogP contribution in [-0.2, 0) is 16.1 Å². The van der Waals surface area contributed by atoms with Gasteiger partial charge in [-0.15, -0.1) is 0 Å². The first-order chi connectivity index (χ1) is 8.74. The van der Waals surface area contributed by atoms with E-state index in [9.17, 15) is 4.79 Å². The minimum Gasteiger partial charge on any atom is -0.378 e. The van der Waals surface area contributed by atoms with E-state index >= 15 is 0 Å². The number of carbonyl (C=O) groups excluding carboxylic acids is 1. The Bertz CT molecular complexity index is 406. The molecule has 1 saturated heterocycles. The van der Waals surface area contributed by atoms with Crippen molar-refractivity contribution in [2.45, 2.75) is 19.0 Å². The molecule has 1 heterocycles. The van der Waals surface area contributed by atoms with Gasteiger partial charge in [-0.05, 0) is 17.7 Å². The molecule has 18 heavy (non-hydrogen) atoms. The second-order valence-electron chi connectivity index (χ2n) is 4.34. The largest absolute Gasteiger partial charge is 0.378 e. The quantitative estimate of drug-likeness (QED) is 0.866. The molecule has 2 rings (SSSR count). The van der Waals surface area contributed by atoms with E-state index in [-0.39, 0.29) is 11.9 Å². The Hall–Kier alpha value is -1.10. The van der Waals surface area contributed by atoms with E-state index in [0.29, 0.717) is 24.6 Å². The van der Waals surface area contributed by atoms with E-state index in [1.807, 2.05) is 24.3 Å². The highest BCUT2D eigenvalue weighted by molar-refractivity contribution is 6.30. The maximum atomic E-state index is 11.7. The zero-order valence-corrected chi connectivity index (χ0v) is 10.9. The minimum absolute atomic E-state index is 0.0259. The molecule has 0 spiro atoms. The van der Waals surface area contributed by atoms with Crippen molar-refractivity contribution in [2.24, 2.45) is 0 Å². The molecular formula is C13H17ClN2O2. The second-order valence-corrected chi connectivity index (χ2v) is 4.77. The summed E-state index contributed by atoms with van der Waals surface area (Å²) in [7, 11) is 0. The lowest BCUT2D eigenvalue weighted by molar-refractivity contribution is -0.122. The van der Waals surface area contributed by atoms with Gasteiger partial charge in [-0.1, -0.05) is 23.7 Å². The van der Waals surface area contributed by atoms with Crippen molar-refractivity contribution >= 4 is 17.5 Å². The Balaban J connectivity index is 1.74. The molecule has 4 nitrogen and oxygen atoms in total. The van der Waals surface area contributed by atoms with Crippen LogP contribution in [0, 0.1) is 0 Å². The average Bonchev–Trinajstić information content (AvgIpc) is 2.38. The summed E-state index contributed by atoms with van der Waals surface area (Å²) in [6.07, 6.45) is 0.445. The molecule has 0 aliphatic carbocycles. The van der Waals surface area contributed by atoms with Crippen molar-refractivity contribution < 1.29 is 9.53 Å². The molecule has 1 amide bonds. The zero-order chi connectivity index (χ0) is 12.8. The third kappa shape index (κ3) is 4.29. The zero-order valence-electron chi connectivity index (χ0n) is 10.1. The lowest BCUT2D eigenvalue weighted by Gasteiger charge is -2.23. The fourth-order valence-electron chi connectivity index (χ4n) is 1.89. The molecule has 0 saturated carbocycles. The van der Waals surface area contributed by atoms with Crippen LogP contribution in [-0.4, -0.2) is 31.7 Å². The Morgan fingerprint density at radius 1 is 1.56 bits per heavy atom. The molecule has 5 heteroatoms. The number of amides is 1. The van der Waals surface area contributed by atoms with E-state index in [4.69, 9.17) is 16.3 Å². The predicted octanol–water partition coefficient (Wildman–Crippen LogP) is 1.33. The summed E-state index contributed by atoms with van der Waals surface area (Å²) in [6, 6.07) is 7.60. The summed E-state index contributed by atoms with van der Waals surface area (Å²) in [5, 5.41) is 6.82.